The predicted molar refractivity (Wildman–Crippen MR) is 46.0 cm³/mol. The first-order chi connectivity index (χ1) is 5.60. The van der Waals surface area contributed by atoms with Gasteiger partial charge in [0.1, 0.15) is 0 Å². The normalized spacial score (nSPS) is 41.2. The van der Waals surface area contributed by atoms with Crippen molar-refractivity contribution in [3.63, 3.8) is 0 Å². The Balaban J connectivity index is 1.97. The van der Waals surface area contributed by atoms with E-state index >= 15 is 0 Å². The highest BCUT2D eigenvalue weighted by Gasteiger charge is 2.50. The summed E-state index contributed by atoms with van der Waals surface area (Å²) in [4.78, 5) is 2.23. The maximum atomic E-state index is 9.84. The van der Waals surface area contributed by atoms with Crippen molar-refractivity contribution in [3.8, 4) is 0 Å². The maximum absolute atomic E-state index is 9.84. The fraction of sp³-hybridized carbons (Fsp3) is 1.00. The van der Waals surface area contributed by atoms with Crippen LogP contribution in [0.25, 0.3) is 0 Å². The van der Waals surface area contributed by atoms with E-state index in [0.29, 0.717) is 0 Å². The van der Waals surface area contributed by atoms with Crippen molar-refractivity contribution < 1.29 is 9.84 Å². The number of aliphatic hydroxyl groups is 1. The van der Waals surface area contributed by atoms with Crippen LogP contribution in [0.2, 0.25) is 0 Å². The summed E-state index contributed by atoms with van der Waals surface area (Å²) in [7, 11) is 2.08. The van der Waals surface area contributed by atoms with Crippen molar-refractivity contribution in [2.75, 3.05) is 20.1 Å². The van der Waals surface area contributed by atoms with E-state index in [1.54, 1.807) is 0 Å². The number of rotatable bonds is 1. The van der Waals surface area contributed by atoms with Crippen LogP contribution in [0.1, 0.15) is 19.8 Å². The van der Waals surface area contributed by atoms with Crippen LogP contribution in [-0.4, -0.2) is 48.0 Å². The van der Waals surface area contributed by atoms with Crippen molar-refractivity contribution >= 4 is 0 Å². The van der Waals surface area contributed by atoms with Crippen LogP contribution in [-0.2, 0) is 4.74 Å². The molecule has 2 fully saturated rings. The summed E-state index contributed by atoms with van der Waals surface area (Å²) in [5.74, 6) is 0. The number of nitrogens with zero attached hydrogens (tertiary/aromatic N) is 1. The molecular weight excluding hydrogens is 154 g/mol. The maximum Gasteiger partial charge on any atom is 0.0992 e. The minimum atomic E-state index is -0.483. The first-order valence-electron chi connectivity index (χ1n) is 4.66. The zero-order valence-electron chi connectivity index (χ0n) is 7.79. The van der Waals surface area contributed by atoms with Gasteiger partial charge in [-0.05, 0) is 26.8 Å². The van der Waals surface area contributed by atoms with Crippen LogP contribution in [0.5, 0.6) is 0 Å². The summed E-state index contributed by atoms with van der Waals surface area (Å²) in [5.41, 5.74) is -0.483. The molecule has 2 aliphatic rings. The topological polar surface area (TPSA) is 32.7 Å². The van der Waals surface area contributed by atoms with E-state index in [0.717, 1.165) is 25.9 Å². The molecule has 0 aromatic carbocycles. The smallest absolute Gasteiger partial charge is 0.0992 e. The lowest BCUT2D eigenvalue weighted by Crippen LogP contribution is -2.50. The molecule has 0 aromatic heterocycles. The first kappa shape index (κ1) is 8.48. The lowest BCUT2D eigenvalue weighted by molar-refractivity contribution is -0.129. The molecule has 2 atom stereocenters. The molecule has 0 radical (unpaired) electrons. The zero-order chi connectivity index (χ0) is 8.77. The number of ether oxygens (including phenoxy) is 1. The molecule has 70 valence electrons. The number of hydrogen-bond acceptors (Lipinski definition) is 3. The summed E-state index contributed by atoms with van der Waals surface area (Å²) in [6, 6.07) is 0. The fourth-order valence-electron chi connectivity index (χ4n) is 1.91. The highest BCUT2D eigenvalue weighted by molar-refractivity contribution is 5.02. The number of hydrogen-bond donors (Lipinski definition) is 1. The van der Waals surface area contributed by atoms with Gasteiger partial charge in [-0.25, -0.2) is 0 Å². The van der Waals surface area contributed by atoms with E-state index in [9.17, 15) is 5.11 Å². The zero-order valence-corrected chi connectivity index (χ0v) is 7.79. The SMILES string of the molecule is C[C@@H]1CN(C)C[C@H](C2(O)CC2)O1. The lowest BCUT2D eigenvalue weighted by atomic mass is 10.1. The molecule has 0 aromatic rings. The Kier molecular flexibility index (Phi) is 1.90. The minimum Gasteiger partial charge on any atom is -0.387 e. The quantitative estimate of drug-likeness (QED) is 0.613. The van der Waals surface area contributed by atoms with Gasteiger partial charge in [0, 0.05) is 13.1 Å². The summed E-state index contributed by atoms with van der Waals surface area (Å²) >= 11 is 0. The van der Waals surface area contributed by atoms with Gasteiger partial charge in [-0.15, -0.1) is 0 Å². The largest absolute Gasteiger partial charge is 0.387 e. The Hall–Kier alpha value is -0.120. The summed E-state index contributed by atoms with van der Waals surface area (Å²) < 4.78 is 5.69. The Morgan fingerprint density at radius 3 is 2.58 bits per heavy atom. The van der Waals surface area contributed by atoms with E-state index in [1.165, 1.54) is 0 Å². The van der Waals surface area contributed by atoms with Gasteiger partial charge >= 0.3 is 0 Å². The fourth-order valence-corrected chi connectivity index (χ4v) is 1.91. The highest BCUT2D eigenvalue weighted by atomic mass is 16.5. The van der Waals surface area contributed by atoms with Gasteiger partial charge < -0.3 is 14.7 Å². The second-order valence-electron chi connectivity index (χ2n) is 4.26. The third-order valence-electron chi connectivity index (χ3n) is 2.80. The average molecular weight is 171 g/mol. The van der Waals surface area contributed by atoms with Crippen LogP contribution >= 0.6 is 0 Å². The second-order valence-corrected chi connectivity index (χ2v) is 4.26. The van der Waals surface area contributed by atoms with Crippen LogP contribution in [0.15, 0.2) is 0 Å². The number of likely N-dealkylation sites (N-methyl/N-ethyl adjacent to an activating group) is 1. The minimum absolute atomic E-state index is 0.0475. The summed E-state index contributed by atoms with van der Waals surface area (Å²) in [6.07, 6.45) is 2.14. The molecule has 1 saturated carbocycles. The molecule has 3 heteroatoms. The van der Waals surface area contributed by atoms with Crippen LogP contribution in [0, 0.1) is 0 Å². The standard InChI is InChI=1S/C9H17NO2/c1-7-5-10(2)6-8(12-7)9(11)3-4-9/h7-8,11H,3-6H2,1-2H3/t7-,8-/m1/s1. The molecular formula is C9H17NO2. The van der Waals surface area contributed by atoms with E-state index in [4.69, 9.17) is 4.74 Å². The Labute approximate surface area is 73.3 Å². The van der Waals surface area contributed by atoms with Gasteiger partial charge in [-0.3, -0.25) is 0 Å². The van der Waals surface area contributed by atoms with E-state index < -0.39 is 5.60 Å². The molecule has 12 heavy (non-hydrogen) atoms. The van der Waals surface area contributed by atoms with Crippen molar-refractivity contribution in [2.24, 2.45) is 0 Å². The van der Waals surface area contributed by atoms with Crippen LogP contribution < -0.4 is 0 Å². The first-order valence-corrected chi connectivity index (χ1v) is 4.66. The third-order valence-corrected chi connectivity index (χ3v) is 2.80. The lowest BCUT2D eigenvalue weighted by Gasteiger charge is -2.37. The second kappa shape index (κ2) is 2.69. The van der Waals surface area contributed by atoms with Gasteiger partial charge in [0.2, 0.25) is 0 Å². The summed E-state index contributed by atoms with van der Waals surface area (Å²) in [6.45, 7) is 3.92. The highest BCUT2D eigenvalue weighted by Crippen LogP contribution is 2.41. The Bertz CT molecular complexity index is 169. The van der Waals surface area contributed by atoms with Gasteiger partial charge in [0.15, 0.2) is 0 Å². The number of morpholine rings is 1. The summed E-state index contributed by atoms with van der Waals surface area (Å²) in [5, 5.41) is 9.84. The van der Waals surface area contributed by atoms with Crippen molar-refractivity contribution in [2.45, 2.75) is 37.6 Å². The van der Waals surface area contributed by atoms with Gasteiger partial charge in [0.05, 0.1) is 17.8 Å². The van der Waals surface area contributed by atoms with E-state index in [-0.39, 0.29) is 12.2 Å². The van der Waals surface area contributed by atoms with Crippen LogP contribution in [0.4, 0.5) is 0 Å². The molecule has 0 spiro atoms. The monoisotopic (exact) mass is 171 g/mol. The predicted octanol–water partition coefficient (Wildman–Crippen LogP) is 0.230. The molecule has 1 aliphatic carbocycles. The molecule has 0 unspecified atom stereocenters. The average Bonchev–Trinajstić information content (AvgIpc) is 2.67. The van der Waals surface area contributed by atoms with Crippen LogP contribution in [0.3, 0.4) is 0 Å². The molecule has 2 rings (SSSR count). The third kappa shape index (κ3) is 1.49. The Morgan fingerprint density at radius 1 is 1.42 bits per heavy atom. The molecule has 0 bridgehead atoms. The Morgan fingerprint density at radius 2 is 2.08 bits per heavy atom. The van der Waals surface area contributed by atoms with Gasteiger partial charge in [-0.1, -0.05) is 0 Å². The van der Waals surface area contributed by atoms with Crippen molar-refractivity contribution in [1.29, 1.82) is 0 Å². The van der Waals surface area contributed by atoms with Crippen molar-refractivity contribution in [3.05, 3.63) is 0 Å². The van der Waals surface area contributed by atoms with E-state index in [1.807, 2.05) is 0 Å². The van der Waals surface area contributed by atoms with E-state index in [2.05, 4.69) is 18.9 Å². The molecule has 1 aliphatic heterocycles. The van der Waals surface area contributed by atoms with Crippen molar-refractivity contribution in [1.82, 2.24) is 4.90 Å². The molecule has 1 saturated heterocycles. The van der Waals surface area contributed by atoms with Gasteiger partial charge in [-0.2, -0.15) is 0 Å². The molecule has 3 nitrogen and oxygen atoms in total. The molecule has 0 amide bonds. The molecule has 1 heterocycles. The molecule has 1 N–H and O–H groups in total. The van der Waals surface area contributed by atoms with Gasteiger partial charge in [0.25, 0.3) is 0 Å².